The van der Waals surface area contributed by atoms with Crippen molar-refractivity contribution in [2.45, 2.75) is 17.8 Å². The first-order valence-corrected chi connectivity index (χ1v) is 17.0. The van der Waals surface area contributed by atoms with Gasteiger partial charge in [-0.15, -0.1) is 0 Å². The SMILES string of the molecule is Clc1cccc(Cl)c1C(c1ccc[nH]1)c1ccc(C(c2ccc(C(c3ccc[nH]3)c3c(Cl)cccc3Cl)[nH]2)c2c(Cl)cccc2Cl)[nH]1. The minimum atomic E-state index is -0.393. The third-order valence-corrected chi connectivity index (χ3v) is 10.4. The maximum atomic E-state index is 6.91. The molecule has 0 fully saturated rings. The van der Waals surface area contributed by atoms with Crippen LogP contribution in [0.4, 0.5) is 0 Å². The summed E-state index contributed by atoms with van der Waals surface area (Å²) in [6.07, 6.45) is 3.77. The summed E-state index contributed by atoms with van der Waals surface area (Å²) in [5, 5.41) is 3.37. The summed E-state index contributed by atoms with van der Waals surface area (Å²) in [6, 6.07) is 32.8. The van der Waals surface area contributed by atoms with Crippen LogP contribution in [0.15, 0.2) is 116 Å². The van der Waals surface area contributed by atoms with E-state index in [0.29, 0.717) is 30.1 Å². The zero-order valence-electron chi connectivity index (χ0n) is 24.5. The van der Waals surface area contributed by atoms with Crippen molar-refractivity contribution in [2.24, 2.45) is 0 Å². The van der Waals surface area contributed by atoms with Crippen LogP contribution in [0.1, 0.15) is 68.6 Å². The molecule has 2 unspecified atom stereocenters. The second-order valence-electron chi connectivity index (χ2n) is 11.2. The Balaban J connectivity index is 1.38. The van der Waals surface area contributed by atoms with Crippen LogP contribution in [0.2, 0.25) is 30.1 Å². The Labute approximate surface area is 302 Å². The molecule has 4 aromatic heterocycles. The van der Waals surface area contributed by atoms with E-state index < -0.39 is 5.92 Å². The molecule has 0 aliphatic rings. The van der Waals surface area contributed by atoms with Crippen LogP contribution in [0.3, 0.4) is 0 Å². The maximum Gasteiger partial charge on any atom is 0.0670 e. The van der Waals surface area contributed by atoms with Crippen molar-refractivity contribution in [3.8, 4) is 0 Å². The highest BCUT2D eigenvalue weighted by atomic mass is 35.5. The van der Waals surface area contributed by atoms with Crippen molar-refractivity contribution in [3.63, 3.8) is 0 Å². The lowest BCUT2D eigenvalue weighted by Crippen LogP contribution is -2.10. The maximum absolute atomic E-state index is 6.91. The van der Waals surface area contributed by atoms with Gasteiger partial charge in [-0.05, 0) is 84.9 Å². The lowest BCUT2D eigenvalue weighted by molar-refractivity contribution is 0.834. The second kappa shape index (κ2) is 13.6. The summed E-state index contributed by atoms with van der Waals surface area (Å²) in [4.78, 5) is 14.1. The van der Waals surface area contributed by atoms with Crippen LogP contribution in [0.5, 0.6) is 0 Å². The van der Waals surface area contributed by atoms with Gasteiger partial charge in [-0.25, -0.2) is 0 Å². The van der Waals surface area contributed by atoms with E-state index in [2.05, 4.69) is 19.9 Å². The first-order valence-electron chi connectivity index (χ1n) is 14.8. The molecule has 0 saturated heterocycles. The minimum Gasteiger partial charge on any atom is -0.364 e. The molecular weight excluding hydrogens is 713 g/mol. The largest absolute Gasteiger partial charge is 0.364 e. The van der Waals surface area contributed by atoms with E-state index in [4.69, 9.17) is 69.6 Å². The van der Waals surface area contributed by atoms with Gasteiger partial charge < -0.3 is 19.9 Å². The molecule has 0 radical (unpaired) electrons. The van der Waals surface area contributed by atoms with E-state index in [-0.39, 0.29) is 11.8 Å². The number of aromatic amines is 4. The molecule has 7 aromatic rings. The number of halogens is 6. The number of nitrogens with one attached hydrogen (secondary N) is 4. The van der Waals surface area contributed by atoms with Gasteiger partial charge in [0.1, 0.15) is 0 Å². The molecule has 4 heterocycles. The molecule has 236 valence electrons. The summed E-state index contributed by atoms with van der Waals surface area (Å²) < 4.78 is 0. The first kappa shape index (κ1) is 32.1. The van der Waals surface area contributed by atoms with Gasteiger partial charge in [-0.3, -0.25) is 0 Å². The van der Waals surface area contributed by atoms with Gasteiger partial charge in [-0.1, -0.05) is 87.8 Å². The zero-order valence-corrected chi connectivity index (χ0v) is 29.0. The Hall–Kier alpha value is -3.48. The fourth-order valence-electron chi connectivity index (χ4n) is 6.38. The second-order valence-corrected chi connectivity index (χ2v) is 13.6. The normalized spacial score (nSPS) is 13.5. The molecule has 0 bridgehead atoms. The summed E-state index contributed by atoms with van der Waals surface area (Å²) >= 11 is 40.9. The zero-order chi connectivity index (χ0) is 32.7. The smallest absolute Gasteiger partial charge is 0.0670 e. The number of aromatic nitrogens is 4. The lowest BCUT2D eigenvalue weighted by atomic mass is 9.92. The van der Waals surface area contributed by atoms with Gasteiger partial charge in [0.2, 0.25) is 0 Å². The fraction of sp³-hybridized carbons (Fsp3) is 0.0811. The number of hydrogen-bond donors (Lipinski definition) is 4. The average Bonchev–Trinajstić information content (AvgIpc) is 3.88. The van der Waals surface area contributed by atoms with Gasteiger partial charge in [0.25, 0.3) is 0 Å². The Morgan fingerprint density at radius 1 is 0.319 bits per heavy atom. The highest BCUT2D eigenvalue weighted by Gasteiger charge is 2.31. The van der Waals surface area contributed by atoms with Crippen LogP contribution in [-0.2, 0) is 0 Å². The standard InChI is InChI=1S/C37H26Cl6N4/c38-20-6-1-7-21(39)32(20)35(26-12-4-18-44-26)28-14-16-30(46-28)37(34-24(42)10-3-11-25(34)43)31-17-15-29(47-31)36(27-13-5-19-45-27)33-22(40)8-2-9-23(33)41/h1-19,35-37,44-47H. The van der Waals surface area contributed by atoms with Crippen molar-refractivity contribution in [2.75, 3.05) is 0 Å². The van der Waals surface area contributed by atoms with Crippen LogP contribution in [0.25, 0.3) is 0 Å². The molecule has 0 saturated carbocycles. The lowest BCUT2D eigenvalue weighted by Gasteiger charge is -2.21. The van der Waals surface area contributed by atoms with Crippen LogP contribution in [-0.4, -0.2) is 19.9 Å². The Bertz CT molecular complexity index is 1960. The molecular formula is C37H26Cl6N4. The van der Waals surface area contributed by atoms with E-state index in [9.17, 15) is 0 Å². The summed E-state index contributed by atoms with van der Waals surface area (Å²) in [6.45, 7) is 0. The van der Waals surface area contributed by atoms with E-state index >= 15 is 0 Å². The Kier molecular flexibility index (Phi) is 9.26. The Morgan fingerprint density at radius 3 is 0.851 bits per heavy atom. The predicted molar refractivity (Wildman–Crippen MR) is 195 cm³/mol. The van der Waals surface area contributed by atoms with Gasteiger partial charge in [0.15, 0.2) is 0 Å². The third kappa shape index (κ3) is 6.15. The van der Waals surface area contributed by atoms with E-state index in [1.54, 1.807) is 0 Å². The van der Waals surface area contributed by atoms with E-state index in [0.717, 1.165) is 50.9 Å². The van der Waals surface area contributed by atoms with E-state index in [1.807, 2.05) is 116 Å². The van der Waals surface area contributed by atoms with Crippen LogP contribution in [0, 0.1) is 0 Å². The van der Waals surface area contributed by atoms with Gasteiger partial charge >= 0.3 is 0 Å². The molecule has 10 heteroatoms. The molecule has 7 rings (SSSR count). The number of hydrogen-bond acceptors (Lipinski definition) is 0. The monoisotopic (exact) mass is 736 g/mol. The molecule has 4 nitrogen and oxygen atoms in total. The summed E-state index contributed by atoms with van der Waals surface area (Å²) in [5.74, 6) is -0.974. The van der Waals surface area contributed by atoms with E-state index in [1.165, 1.54) is 0 Å². The minimum absolute atomic E-state index is 0.291. The van der Waals surface area contributed by atoms with Crippen molar-refractivity contribution >= 4 is 69.6 Å². The molecule has 47 heavy (non-hydrogen) atoms. The number of rotatable bonds is 9. The Morgan fingerprint density at radius 2 is 0.596 bits per heavy atom. The summed E-state index contributed by atoms with van der Waals surface area (Å²) in [7, 11) is 0. The third-order valence-electron chi connectivity index (χ3n) is 8.44. The molecule has 0 aliphatic heterocycles. The molecule has 4 N–H and O–H groups in total. The highest BCUT2D eigenvalue weighted by Crippen LogP contribution is 2.45. The topological polar surface area (TPSA) is 63.2 Å². The first-order chi connectivity index (χ1) is 22.8. The predicted octanol–water partition coefficient (Wildman–Crippen LogP) is 12.5. The molecule has 0 spiro atoms. The van der Waals surface area contributed by atoms with Gasteiger partial charge in [0, 0.05) is 93.4 Å². The molecule has 3 aromatic carbocycles. The quantitative estimate of drug-likeness (QED) is 0.114. The average molecular weight is 739 g/mol. The van der Waals surface area contributed by atoms with Crippen molar-refractivity contribution in [1.82, 2.24) is 19.9 Å². The van der Waals surface area contributed by atoms with Gasteiger partial charge in [-0.2, -0.15) is 0 Å². The van der Waals surface area contributed by atoms with Crippen molar-refractivity contribution in [3.05, 3.63) is 197 Å². The fourth-order valence-corrected chi connectivity index (χ4v) is 8.22. The molecule has 0 aliphatic carbocycles. The summed E-state index contributed by atoms with van der Waals surface area (Å²) in [5.41, 5.74) is 7.76. The van der Waals surface area contributed by atoms with Crippen LogP contribution >= 0.6 is 69.6 Å². The van der Waals surface area contributed by atoms with Gasteiger partial charge in [0.05, 0.1) is 17.8 Å². The van der Waals surface area contributed by atoms with Crippen LogP contribution < -0.4 is 0 Å². The van der Waals surface area contributed by atoms with Crippen molar-refractivity contribution < 1.29 is 0 Å². The molecule has 2 atom stereocenters. The molecule has 0 amide bonds. The number of H-pyrrole nitrogens is 4. The van der Waals surface area contributed by atoms with Crippen molar-refractivity contribution in [1.29, 1.82) is 0 Å². The number of benzene rings is 3. The highest BCUT2D eigenvalue weighted by molar-refractivity contribution is 6.37.